The number of hydrogen-bond donors (Lipinski definition) is 0. The highest BCUT2D eigenvalue weighted by Gasteiger charge is 2.51. The van der Waals surface area contributed by atoms with Gasteiger partial charge in [-0.2, -0.15) is 9.65 Å². The maximum atomic E-state index is 13.8. The minimum atomic E-state index is -2.82. The van der Waals surface area contributed by atoms with Crippen LogP contribution < -0.4 is 9.64 Å². The van der Waals surface area contributed by atoms with Gasteiger partial charge in [-0.3, -0.25) is 0 Å². The second kappa shape index (κ2) is 6.01. The molecule has 1 aromatic carbocycles. The van der Waals surface area contributed by atoms with Crippen molar-refractivity contribution in [1.29, 1.82) is 5.26 Å². The minimum Gasteiger partial charge on any atom is -0.491 e. The number of anilines is 1. The Hall–Kier alpha value is -2.01. The minimum absolute atomic E-state index is 0.0347. The number of hydrogen-bond acceptors (Lipinski definition) is 4. The van der Waals surface area contributed by atoms with E-state index in [0.717, 1.165) is 20.3 Å². The van der Waals surface area contributed by atoms with E-state index >= 15 is 0 Å². The lowest BCUT2D eigenvalue weighted by molar-refractivity contribution is -0.107. The highest BCUT2D eigenvalue weighted by molar-refractivity contribution is 5.62. The Morgan fingerprint density at radius 3 is 2.55 bits per heavy atom. The monoisotopic (exact) mass is 318 g/mol. The molecule has 0 saturated carbocycles. The Morgan fingerprint density at radius 1 is 1.36 bits per heavy atom. The van der Waals surface area contributed by atoms with Gasteiger partial charge in [0.05, 0.1) is 25.4 Å². The van der Waals surface area contributed by atoms with Crippen molar-refractivity contribution in [2.75, 3.05) is 25.7 Å². The molecule has 0 aliphatic carbocycles. The molecule has 4 nitrogen and oxygen atoms in total. The van der Waals surface area contributed by atoms with Gasteiger partial charge in [0.2, 0.25) is 5.82 Å². The molecule has 0 N–H and O–H groups in total. The van der Waals surface area contributed by atoms with E-state index in [4.69, 9.17) is 9.47 Å². The Bertz CT molecular complexity index is 605. The maximum absolute atomic E-state index is 13.8. The lowest BCUT2D eigenvalue weighted by atomic mass is 10.0. The number of halogens is 4. The van der Waals surface area contributed by atoms with Gasteiger partial charge in [0.15, 0.2) is 11.6 Å². The fourth-order valence-electron chi connectivity index (χ4n) is 2.61. The third kappa shape index (κ3) is 2.46. The molecule has 8 heteroatoms. The average molecular weight is 318 g/mol. The quantitative estimate of drug-likeness (QED) is 0.801. The third-order valence-corrected chi connectivity index (χ3v) is 3.85. The van der Waals surface area contributed by atoms with Crippen LogP contribution in [0.4, 0.5) is 23.2 Å². The first-order chi connectivity index (χ1) is 10.4. The highest BCUT2D eigenvalue weighted by atomic mass is 19.3. The fourth-order valence-corrected chi connectivity index (χ4v) is 2.61. The van der Waals surface area contributed by atoms with Gasteiger partial charge in [-0.1, -0.05) is 0 Å². The predicted octanol–water partition coefficient (Wildman–Crippen LogP) is 2.73. The summed E-state index contributed by atoms with van der Waals surface area (Å²) in [6.45, 7) is -0.333. The topological polar surface area (TPSA) is 45.5 Å². The van der Waals surface area contributed by atoms with Crippen LogP contribution in [0.5, 0.6) is 5.75 Å². The average Bonchev–Trinajstić information content (AvgIpc) is 2.90. The van der Waals surface area contributed by atoms with E-state index < -0.39 is 35.5 Å². The number of alkyl halides is 2. The second-order valence-corrected chi connectivity index (χ2v) is 4.96. The van der Waals surface area contributed by atoms with E-state index in [1.807, 2.05) is 6.07 Å². The summed E-state index contributed by atoms with van der Waals surface area (Å²) in [5.74, 6) is -2.79. The molecule has 2 rings (SSSR count). The van der Waals surface area contributed by atoms with Crippen molar-refractivity contribution in [3.8, 4) is 11.8 Å². The summed E-state index contributed by atoms with van der Waals surface area (Å²) in [4.78, 5) is 1.25. The van der Waals surface area contributed by atoms with Gasteiger partial charge in [-0.15, -0.1) is 0 Å². The molecular weight excluding hydrogens is 304 g/mol. The normalized spacial score (nSPS) is 24.6. The van der Waals surface area contributed by atoms with Crippen LogP contribution in [0.15, 0.2) is 12.1 Å². The standard InChI is InChI=1S/C14H14F4N2O2/c1-21-12-10(4-3-9(15)11(12)16)20-7-14(22-2,13(17)18)5-8(20)6-19/h3-4,8,13H,5,7H2,1-2H3. The van der Waals surface area contributed by atoms with E-state index in [2.05, 4.69) is 0 Å². The van der Waals surface area contributed by atoms with Crippen LogP contribution in [-0.2, 0) is 4.74 Å². The molecular formula is C14H14F4N2O2. The van der Waals surface area contributed by atoms with E-state index in [9.17, 15) is 22.8 Å². The molecule has 0 amide bonds. The molecule has 1 aliphatic rings. The van der Waals surface area contributed by atoms with Crippen molar-refractivity contribution in [2.24, 2.45) is 0 Å². The van der Waals surface area contributed by atoms with Crippen molar-refractivity contribution in [3.05, 3.63) is 23.8 Å². The molecule has 1 saturated heterocycles. The Kier molecular flexibility index (Phi) is 4.47. The van der Waals surface area contributed by atoms with Crippen molar-refractivity contribution < 1.29 is 27.0 Å². The van der Waals surface area contributed by atoms with Gasteiger partial charge in [-0.25, -0.2) is 13.2 Å². The number of benzene rings is 1. The summed E-state index contributed by atoms with van der Waals surface area (Å²) in [6, 6.07) is 2.97. The van der Waals surface area contributed by atoms with Gasteiger partial charge in [-0.05, 0) is 12.1 Å². The van der Waals surface area contributed by atoms with Gasteiger partial charge >= 0.3 is 0 Å². The maximum Gasteiger partial charge on any atom is 0.268 e. The van der Waals surface area contributed by atoms with Crippen LogP contribution in [0.25, 0.3) is 0 Å². The molecule has 1 fully saturated rings. The van der Waals surface area contributed by atoms with E-state index in [0.29, 0.717) is 0 Å². The van der Waals surface area contributed by atoms with Crippen LogP contribution in [-0.4, -0.2) is 38.8 Å². The summed E-state index contributed by atoms with van der Waals surface area (Å²) >= 11 is 0. The zero-order valence-electron chi connectivity index (χ0n) is 11.9. The summed E-state index contributed by atoms with van der Waals surface area (Å²) in [7, 11) is 2.27. The molecule has 0 radical (unpaired) electrons. The van der Waals surface area contributed by atoms with Crippen LogP contribution in [0.2, 0.25) is 0 Å². The first-order valence-electron chi connectivity index (χ1n) is 6.41. The Labute approximate surface area is 124 Å². The van der Waals surface area contributed by atoms with Crippen molar-refractivity contribution in [2.45, 2.75) is 24.5 Å². The lowest BCUT2D eigenvalue weighted by Crippen LogP contribution is -2.42. The SMILES string of the molecule is COc1c(N2CC(OC)(C(F)F)CC2C#N)ccc(F)c1F. The number of rotatable bonds is 4. The summed E-state index contributed by atoms with van der Waals surface area (Å²) in [5.41, 5.74) is -1.80. The summed E-state index contributed by atoms with van der Waals surface area (Å²) < 4.78 is 63.4. The van der Waals surface area contributed by atoms with Gasteiger partial charge in [0, 0.05) is 13.5 Å². The molecule has 0 bridgehead atoms. The molecule has 1 aromatic rings. The molecule has 2 atom stereocenters. The number of nitrogens with zero attached hydrogens (tertiary/aromatic N) is 2. The molecule has 22 heavy (non-hydrogen) atoms. The van der Waals surface area contributed by atoms with Crippen molar-refractivity contribution in [1.82, 2.24) is 0 Å². The van der Waals surface area contributed by atoms with Gasteiger partial charge in [0.1, 0.15) is 11.6 Å². The first kappa shape index (κ1) is 16.4. The first-order valence-corrected chi connectivity index (χ1v) is 6.41. The number of ether oxygens (including phenoxy) is 2. The smallest absolute Gasteiger partial charge is 0.268 e. The zero-order chi connectivity index (χ0) is 16.5. The number of nitriles is 1. The third-order valence-electron chi connectivity index (χ3n) is 3.85. The van der Waals surface area contributed by atoms with Crippen LogP contribution in [0, 0.1) is 23.0 Å². The molecule has 1 aliphatic heterocycles. The van der Waals surface area contributed by atoms with E-state index in [1.165, 1.54) is 11.0 Å². The van der Waals surface area contributed by atoms with Crippen LogP contribution in [0.1, 0.15) is 6.42 Å². The molecule has 0 aromatic heterocycles. The number of methoxy groups -OCH3 is 2. The van der Waals surface area contributed by atoms with Crippen LogP contribution in [0.3, 0.4) is 0 Å². The molecule has 0 spiro atoms. The second-order valence-electron chi connectivity index (χ2n) is 4.96. The molecule has 1 heterocycles. The summed E-state index contributed by atoms with van der Waals surface area (Å²) in [6.07, 6.45) is -3.07. The summed E-state index contributed by atoms with van der Waals surface area (Å²) in [5, 5.41) is 9.19. The van der Waals surface area contributed by atoms with Crippen molar-refractivity contribution in [3.63, 3.8) is 0 Å². The highest BCUT2D eigenvalue weighted by Crippen LogP contribution is 2.42. The zero-order valence-corrected chi connectivity index (χ0v) is 11.9. The van der Waals surface area contributed by atoms with E-state index in [-0.39, 0.29) is 18.7 Å². The van der Waals surface area contributed by atoms with Crippen molar-refractivity contribution >= 4 is 5.69 Å². The largest absolute Gasteiger partial charge is 0.491 e. The lowest BCUT2D eigenvalue weighted by Gasteiger charge is -2.28. The molecule has 120 valence electrons. The Balaban J connectivity index is 2.49. The van der Waals surface area contributed by atoms with Crippen LogP contribution >= 0.6 is 0 Å². The molecule has 2 unspecified atom stereocenters. The predicted molar refractivity (Wildman–Crippen MR) is 70.0 cm³/mol. The van der Waals surface area contributed by atoms with Gasteiger partial charge < -0.3 is 14.4 Å². The fraction of sp³-hybridized carbons (Fsp3) is 0.500. The van der Waals surface area contributed by atoms with Gasteiger partial charge in [0.25, 0.3) is 6.43 Å². The van der Waals surface area contributed by atoms with E-state index in [1.54, 1.807) is 0 Å². The Morgan fingerprint density at radius 2 is 2.05 bits per heavy atom.